The summed E-state index contributed by atoms with van der Waals surface area (Å²) in [5, 5.41) is 6.52. The van der Waals surface area contributed by atoms with Crippen molar-refractivity contribution in [3.05, 3.63) is 0 Å². The van der Waals surface area contributed by atoms with Crippen LogP contribution < -0.4 is 10.6 Å². The summed E-state index contributed by atoms with van der Waals surface area (Å²) >= 11 is 0. The molecule has 2 fully saturated rings. The molecule has 1 heterocycles. The molecule has 2 N–H and O–H groups in total. The molecule has 2 aliphatic rings. The quantitative estimate of drug-likeness (QED) is 0.732. The number of halogens is 3. The average Bonchev–Trinajstić information content (AvgIpc) is 2.90. The molecule has 1 aliphatic heterocycles. The van der Waals surface area contributed by atoms with E-state index in [1.807, 2.05) is 0 Å². The number of rotatable bonds is 5. The Morgan fingerprint density at radius 3 is 2.59 bits per heavy atom. The summed E-state index contributed by atoms with van der Waals surface area (Å²) in [6, 6.07) is 0. The summed E-state index contributed by atoms with van der Waals surface area (Å²) in [4.78, 5) is 0. The summed E-state index contributed by atoms with van der Waals surface area (Å²) < 4.78 is 35.7. The van der Waals surface area contributed by atoms with E-state index in [1.54, 1.807) is 0 Å². The zero-order chi connectivity index (χ0) is 12.4. The third-order valence-electron chi connectivity index (χ3n) is 4.16. The standard InChI is InChI=1S/C12H21F3N2/c13-12(14,15)2-1-5-17-9-10-8-11(10)3-6-16-7-4-11/h10,16-17H,1-9H2. The van der Waals surface area contributed by atoms with Crippen molar-refractivity contribution in [1.82, 2.24) is 10.6 Å². The van der Waals surface area contributed by atoms with E-state index in [4.69, 9.17) is 0 Å². The van der Waals surface area contributed by atoms with Crippen molar-refractivity contribution in [2.75, 3.05) is 26.2 Å². The van der Waals surface area contributed by atoms with Crippen LogP contribution in [-0.4, -0.2) is 32.4 Å². The van der Waals surface area contributed by atoms with Gasteiger partial charge < -0.3 is 10.6 Å². The van der Waals surface area contributed by atoms with Gasteiger partial charge in [-0.2, -0.15) is 13.2 Å². The molecule has 0 aromatic carbocycles. The minimum Gasteiger partial charge on any atom is -0.317 e. The van der Waals surface area contributed by atoms with Crippen LogP contribution in [0.15, 0.2) is 0 Å². The summed E-state index contributed by atoms with van der Waals surface area (Å²) in [5.41, 5.74) is 0.530. The van der Waals surface area contributed by atoms with Gasteiger partial charge in [-0.25, -0.2) is 0 Å². The molecule has 1 aliphatic carbocycles. The first-order valence-corrected chi connectivity index (χ1v) is 6.50. The van der Waals surface area contributed by atoms with E-state index in [1.165, 1.54) is 19.3 Å². The van der Waals surface area contributed by atoms with Gasteiger partial charge in [-0.05, 0) is 63.2 Å². The highest BCUT2D eigenvalue weighted by Gasteiger charge is 2.52. The molecule has 5 heteroatoms. The third kappa shape index (κ3) is 3.85. The van der Waals surface area contributed by atoms with Crippen LogP contribution in [0.3, 0.4) is 0 Å². The van der Waals surface area contributed by atoms with Crippen LogP contribution in [0, 0.1) is 11.3 Å². The number of hydrogen-bond acceptors (Lipinski definition) is 2. The zero-order valence-electron chi connectivity index (χ0n) is 10.1. The maximum atomic E-state index is 11.9. The van der Waals surface area contributed by atoms with Gasteiger partial charge >= 0.3 is 6.18 Å². The van der Waals surface area contributed by atoms with Gasteiger partial charge in [0, 0.05) is 6.42 Å². The Morgan fingerprint density at radius 2 is 1.94 bits per heavy atom. The smallest absolute Gasteiger partial charge is 0.317 e. The SMILES string of the molecule is FC(F)(F)CCCNCC1CC12CCNCC2. The first kappa shape index (κ1) is 13.1. The fraction of sp³-hybridized carbons (Fsp3) is 1.00. The van der Waals surface area contributed by atoms with Crippen molar-refractivity contribution in [2.24, 2.45) is 11.3 Å². The highest BCUT2D eigenvalue weighted by molar-refractivity contribution is 5.04. The molecule has 0 aromatic heterocycles. The molecule has 0 amide bonds. The molecular weight excluding hydrogens is 229 g/mol. The van der Waals surface area contributed by atoms with Crippen LogP contribution in [0.4, 0.5) is 13.2 Å². The minimum absolute atomic E-state index is 0.199. The van der Waals surface area contributed by atoms with E-state index in [0.717, 1.165) is 19.6 Å². The number of alkyl halides is 3. The van der Waals surface area contributed by atoms with Crippen LogP contribution >= 0.6 is 0 Å². The summed E-state index contributed by atoms with van der Waals surface area (Å²) in [6.07, 6.45) is -0.729. The van der Waals surface area contributed by atoms with Gasteiger partial charge in [0.05, 0.1) is 0 Å². The monoisotopic (exact) mass is 250 g/mol. The lowest BCUT2D eigenvalue weighted by atomic mass is 9.92. The molecular formula is C12H21F3N2. The Labute approximate surface area is 100 Å². The second-order valence-electron chi connectivity index (χ2n) is 5.44. The van der Waals surface area contributed by atoms with Crippen molar-refractivity contribution >= 4 is 0 Å². The highest BCUT2D eigenvalue weighted by atomic mass is 19.4. The van der Waals surface area contributed by atoms with Gasteiger partial charge in [-0.1, -0.05) is 0 Å². The van der Waals surface area contributed by atoms with Crippen molar-refractivity contribution in [2.45, 2.75) is 38.3 Å². The summed E-state index contributed by atoms with van der Waals surface area (Å²) in [5.74, 6) is 0.704. The molecule has 17 heavy (non-hydrogen) atoms. The van der Waals surface area contributed by atoms with E-state index in [2.05, 4.69) is 10.6 Å². The van der Waals surface area contributed by atoms with Crippen LogP contribution in [0.5, 0.6) is 0 Å². The van der Waals surface area contributed by atoms with E-state index in [9.17, 15) is 13.2 Å². The van der Waals surface area contributed by atoms with E-state index in [0.29, 0.717) is 17.9 Å². The molecule has 2 rings (SSSR count). The van der Waals surface area contributed by atoms with Gasteiger partial charge in [-0.3, -0.25) is 0 Å². The van der Waals surface area contributed by atoms with Crippen LogP contribution in [0.1, 0.15) is 32.1 Å². The molecule has 0 aromatic rings. The average molecular weight is 250 g/mol. The normalized spacial score (nSPS) is 27.4. The molecule has 2 nitrogen and oxygen atoms in total. The zero-order valence-corrected chi connectivity index (χ0v) is 10.1. The number of nitrogens with one attached hydrogen (secondary N) is 2. The number of piperidine rings is 1. The lowest BCUT2D eigenvalue weighted by molar-refractivity contribution is -0.135. The second kappa shape index (κ2) is 5.14. The van der Waals surface area contributed by atoms with Crippen LogP contribution in [0.25, 0.3) is 0 Å². The Bertz CT molecular complexity index is 247. The Hall–Kier alpha value is -0.290. The Balaban J connectivity index is 1.53. The van der Waals surface area contributed by atoms with Gasteiger partial charge in [0.15, 0.2) is 0 Å². The van der Waals surface area contributed by atoms with E-state index in [-0.39, 0.29) is 6.42 Å². The highest BCUT2D eigenvalue weighted by Crippen LogP contribution is 2.58. The fourth-order valence-electron chi connectivity index (χ4n) is 2.95. The van der Waals surface area contributed by atoms with Gasteiger partial charge in [-0.15, -0.1) is 0 Å². The van der Waals surface area contributed by atoms with E-state index < -0.39 is 12.6 Å². The Kier molecular flexibility index (Phi) is 3.98. The molecule has 0 bridgehead atoms. The molecule has 100 valence electrons. The number of hydrogen-bond donors (Lipinski definition) is 2. The van der Waals surface area contributed by atoms with Crippen molar-refractivity contribution in [3.8, 4) is 0 Å². The molecule has 1 unspecified atom stereocenters. The predicted octanol–water partition coefficient (Wildman–Crippen LogP) is 2.31. The first-order valence-electron chi connectivity index (χ1n) is 6.50. The maximum absolute atomic E-state index is 11.9. The third-order valence-corrected chi connectivity index (χ3v) is 4.16. The molecule has 1 saturated heterocycles. The molecule has 1 spiro atoms. The fourth-order valence-corrected chi connectivity index (χ4v) is 2.95. The van der Waals surface area contributed by atoms with Crippen molar-refractivity contribution in [1.29, 1.82) is 0 Å². The van der Waals surface area contributed by atoms with Crippen LogP contribution in [-0.2, 0) is 0 Å². The maximum Gasteiger partial charge on any atom is 0.389 e. The topological polar surface area (TPSA) is 24.1 Å². The largest absolute Gasteiger partial charge is 0.389 e. The Morgan fingerprint density at radius 1 is 1.24 bits per heavy atom. The lowest BCUT2D eigenvalue weighted by Gasteiger charge is -2.23. The predicted molar refractivity (Wildman–Crippen MR) is 60.8 cm³/mol. The van der Waals surface area contributed by atoms with Crippen LogP contribution in [0.2, 0.25) is 0 Å². The lowest BCUT2D eigenvalue weighted by Crippen LogP contribution is -2.31. The summed E-state index contributed by atoms with van der Waals surface area (Å²) in [6.45, 7) is 3.59. The van der Waals surface area contributed by atoms with Crippen molar-refractivity contribution < 1.29 is 13.2 Å². The molecule has 1 atom stereocenters. The van der Waals surface area contributed by atoms with E-state index >= 15 is 0 Å². The first-order chi connectivity index (χ1) is 8.02. The minimum atomic E-state index is -4.00. The summed E-state index contributed by atoms with van der Waals surface area (Å²) in [7, 11) is 0. The van der Waals surface area contributed by atoms with Gasteiger partial charge in [0.1, 0.15) is 0 Å². The molecule has 0 radical (unpaired) electrons. The molecule has 1 saturated carbocycles. The van der Waals surface area contributed by atoms with Gasteiger partial charge in [0.2, 0.25) is 0 Å². The second-order valence-corrected chi connectivity index (χ2v) is 5.44. The van der Waals surface area contributed by atoms with Gasteiger partial charge in [0.25, 0.3) is 0 Å². The van der Waals surface area contributed by atoms with Crippen molar-refractivity contribution in [3.63, 3.8) is 0 Å².